The van der Waals surface area contributed by atoms with E-state index in [1.807, 2.05) is 0 Å². The zero-order valence-electron chi connectivity index (χ0n) is 11.2. The fourth-order valence-electron chi connectivity index (χ4n) is 1.32. The van der Waals surface area contributed by atoms with E-state index in [-0.39, 0.29) is 11.7 Å². The molecule has 0 bridgehead atoms. The Labute approximate surface area is 130 Å². The number of aryl methyl sites for hydroxylation is 1. The summed E-state index contributed by atoms with van der Waals surface area (Å²) in [5.74, 6) is 0.892. The number of thioether (sulfide) groups is 2. The Hall–Kier alpha value is -1.05. The highest BCUT2D eigenvalue weighted by atomic mass is 32.2. The van der Waals surface area contributed by atoms with E-state index in [1.54, 1.807) is 11.8 Å². The van der Waals surface area contributed by atoms with Crippen molar-refractivity contribution in [2.24, 2.45) is 0 Å². The Morgan fingerprint density at radius 3 is 2.50 bits per heavy atom. The first kappa shape index (κ1) is 15.3. The summed E-state index contributed by atoms with van der Waals surface area (Å²) in [6, 6.07) is 8.45. The van der Waals surface area contributed by atoms with E-state index in [2.05, 4.69) is 46.1 Å². The highest BCUT2D eigenvalue weighted by Gasteiger charge is 2.08. The molecule has 2 rings (SSSR count). The minimum absolute atomic E-state index is 0.251. The van der Waals surface area contributed by atoms with E-state index in [0.717, 1.165) is 14.4 Å². The number of benzene rings is 1. The third kappa shape index (κ3) is 4.81. The van der Waals surface area contributed by atoms with Crippen LogP contribution in [0.1, 0.15) is 11.1 Å². The number of ether oxygens (including phenoxy) is 1. The molecule has 0 aliphatic heterocycles. The molecule has 1 heterocycles. The molecule has 0 N–H and O–H groups in total. The summed E-state index contributed by atoms with van der Waals surface area (Å²) < 4.78 is 6.29. The molecule has 106 valence electrons. The summed E-state index contributed by atoms with van der Waals surface area (Å²) in [6.07, 6.45) is 0. The molecule has 1 aromatic heterocycles. The topological polar surface area (TPSA) is 52.1 Å². The van der Waals surface area contributed by atoms with Gasteiger partial charge < -0.3 is 4.74 Å². The van der Waals surface area contributed by atoms with Gasteiger partial charge >= 0.3 is 5.97 Å². The monoisotopic (exact) mass is 326 g/mol. The first-order chi connectivity index (χ1) is 9.67. The molecule has 2 aromatic rings. The standard InChI is InChI=1S/C13H14N2O2S3/c1-9-3-5-10(6-4-9)7-18-12-14-15-13(20-12)19-8-11(16)17-2/h3-6H,7-8H2,1-2H3. The predicted molar refractivity (Wildman–Crippen MR) is 83.4 cm³/mol. The van der Waals surface area contributed by atoms with Gasteiger partial charge in [-0.2, -0.15) is 0 Å². The zero-order valence-corrected chi connectivity index (χ0v) is 13.6. The Morgan fingerprint density at radius 2 is 1.85 bits per heavy atom. The van der Waals surface area contributed by atoms with Crippen LogP contribution in [-0.4, -0.2) is 29.0 Å². The van der Waals surface area contributed by atoms with Gasteiger partial charge in [0.05, 0.1) is 12.9 Å². The number of aromatic nitrogens is 2. The Morgan fingerprint density at radius 1 is 1.20 bits per heavy atom. The fraction of sp³-hybridized carbons (Fsp3) is 0.308. The molecule has 0 saturated carbocycles. The number of esters is 1. The van der Waals surface area contributed by atoms with Crippen molar-refractivity contribution in [3.05, 3.63) is 35.4 Å². The summed E-state index contributed by atoms with van der Waals surface area (Å²) in [7, 11) is 1.38. The second kappa shape index (κ2) is 7.66. The summed E-state index contributed by atoms with van der Waals surface area (Å²) in [5, 5.41) is 8.16. The van der Waals surface area contributed by atoms with Crippen molar-refractivity contribution in [1.82, 2.24) is 10.2 Å². The van der Waals surface area contributed by atoms with E-state index in [9.17, 15) is 4.79 Å². The maximum atomic E-state index is 11.0. The molecule has 0 atom stereocenters. The van der Waals surface area contributed by atoms with E-state index in [1.165, 1.54) is 41.3 Å². The van der Waals surface area contributed by atoms with Crippen LogP contribution in [-0.2, 0) is 15.3 Å². The molecule has 0 aliphatic carbocycles. The molecule has 1 aromatic carbocycles. The van der Waals surface area contributed by atoms with Crippen molar-refractivity contribution in [2.75, 3.05) is 12.9 Å². The van der Waals surface area contributed by atoms with Crippen LogP contribution in [0.2, 0.25) is 0 Å². The Kier molecular flexibility index (Phi) is 5.87. The van der Waals surface area contributed by atoms with Crippen LogP contribution < -0.4 is 0 Å². The lowest BCUT2D eigenvalue weighted by atomic mass is 10.2. The first-order valence-electron chi connectivity index (χ1n) is 5.89. The molecule has 20 heavy (non-hydrogen) atoms. The van der Waals surface area contributed by atoms with E-state index in [0.29, 0.717) is 0 Å². The van der Waals surface area contributed by atoms with Gasteiger partial charge in [-0.1, -0.05) is 64.7 Å². The number of hydrogen-bond donors (Lipinski definition) is 0. The van der Waals surface area contributed by atoms with Crippen LogP contribution in [0.25, 0.3) is 0 Å². The lowest BCUT2D eigenvalue weighted by molar-refractivity contribution is -0.137. The SMILES string of the molecule is COC(=O)CSc1nnc(SCc2ccc(C)cc2)s1. The van der Waals surface area contributed by atoms with Gasteiger partial charge in [0.2, 0.25) is 0 Å². The number of nitrogens with zero attached hydrogens (tertiary/aromatic N) is 2. The number of hydrogen-bond acceptors (Lipinski definition) is 7. The van der Waals surface area contributed by atoms with Gasteiger partial charge in [0.1, 0.15) is 0 Å². The molecule has 0 radical (unpaired) electrons. The molecule has 7 heteroatoms. The number of carbonyl (C=O) groups is 1. The predicted octanol–water partition coefficient (Wildman–Crippen LogP) is 3.40. The highest BCUT2D eigenvalue weighted by molar-refractivity contribution is 8.03. The number of methoxy groups -OCH3 is 1. The normalized spacial score (nSPS) is 10.5. The van der Waals surface area contributed by atoms with Crippen LogP contribution >= 0.6 is 34.9 Å². The van der Waals surface area contributed by atoms with Crippen molar-refractivity contribution in [3.63, 3.8) is 0 Å². The summed E-state index contributed by atoms with van der Waals surface area (Å²) >= 11 is 4.51. The largest absolute Gasteiger partial charge is 0.468 e. The van der Waals surface area contributed by atoms with Gasteiger partial charge in [0, 0.05) is 5.75 Å². The van der Waals surface area contributed by atoms with Crippen LogP contribution in [0, 0.1) is 6.92 Å². The molecule has 0 aliphatic rings. The van der Waals surface area contributed by atoms with Crippen molar-refractivity contribution >= 4 is 40.8 Å². The van der Waals surface area contributed by atoms with Crippen molar-refractivity contribution in [2.45, 2.75) is 21.4 Å². The van der Waals surface area contributed by atoms with Gasteiger partial charge in [-0.25, -0.2) is 0 Å². The highest BCUT2D eigenvalue weighted by Crippen LogP contribution is 2.30. The number of rotatable bonds is 6. The Bertz CT molecular complexity index is 569. The maximum Gasteiger partial charge on any atom is 0.316 e. The molecule has 0 spiro atoms. The Balaban J connectivity index is 1.83. The van der Waals surface area contributed by atoms with Crippen LogP contribution in [0.5, 0.6) is 0 Å². The van der Waals surface area contributed by atoms with Gasteiger partial charge in [-0.05, 0) is 12.5 Å². The van der Waals surface area contributed by atoms with Crippen LogP contribution in [0.3, 0.4) is 0 Å². The molecule has 0 unspecified atom stereocenters. The summed E-state index contributed by atoms with van der Waals surface area (Å²) in [4.78, 5) is 11.0. The summed E-state index contributed by atoms with van der Waals surface area (Å²) in [6.45, 7) is 2.08. The van der Waals surface area contributed by atoms with Crippen molar-refractivity contribution in [1.29, 1.82) is 0 Å². The molecule has 0 amide bonds. The lowest BCUT2D eigenvalue weighted by Gasteiger charge is -1.99. The van der Waals surface area contributed by atoms with Crippen molar-refractivity contribution in [3.8, 4) is 0 Å². The molecule has 0 saturated heterocycles. The average molecular weight is 326 g/mol. The molecular weight excluding hydrogens is 312 g/mol. The van der Waals surface area contributed by atoms with Gasteiger partial charge in [-0.15, -0.1) is 10.2 Å². The van der Waals surface area contributed by atoms with E-state index < -0.39 is 0 Å². The zero-order chi connectivity index (χ0) is 14.4. The van der Waals surface area contributed by atoms with E-state index >= 15 is 0 Å². The fourth-order valence-corrected chi connectivity index (χ4v) is 4.13. The van der Waals surface area contributed by atoms with Crippen LogP contribution in [0.4, 0.5) is 0 Å². The maximum absolute atomic E-state index is 11.0. The first-order valence-corrected chi connectivity index (χ1v) is 8.67. The molecule has 0 fully saturated rings. The lowest BCUT2D eigenvalue weighted by Crippen LogP contribution is -2.02. The summed E-state index contributed by atoms with van der Waals surface area (Å²) in [5.41, 5.74) is 2.52. The smallest absolute Gasteiger partial charge is 0.316 e. The van der Waals surface area contributed by atoms with Gasteiger partial charge in [0.25, 0.3) is 0 Å². The van der Waals surface area contributed by atoms with Gasteiger partial charge in [0.15, 0.2) is 8.68 Å². The minimum Gasteiger partial charge on any atom is -0.468 e. The quantitative estimate of drug-likeness (QED) is 0.599. The van der Waals surface area contributed by atoms with Crippen molar-refractivity contribution < 1.29 is 9.53 Å². The number of carbonyl (C=O) groups excluding carboxylic acids is 1. The second-order valence-corrected chi connectivity index (χ2v) is 7.40. The second-order valence-electron chi connectivity index (χ2n) is 3.97. The molecule has 4 nitrogen and oxygen atoms in total. The average Bonchev–Trinajstić information content (AvgIpc) is 2.92. The van der Waals surface area contributed by atoms with E-state index in [4.69, 9.17) is 0 Å². The minimum atomic E-state index is -0.251. The molecular formula is C13H14N2O2S3. The van der Waals surface area contributed by atoms with Gasteiger partial charge in [-0.3, -0.25) is 4.79 Å². The van der Waals surface area contributed by atoms with Crippen LogP contribution in [0.15, 0.2) is 32.9 Å². The third-order valence-electron chi connectivity index (χ3n) is 2.41. The third-order valence-corrected chi connectivity index (χ3v) is 5.65.